The summed E-state index contributed by atoms with van der Waals surface area (Å²) >= 11 is 0. The molecule has 7 heteroatoms. The van der Waals surface area contributed by atoms with Crippen LogP contribution in [0.15, 0.2) is 30.7 Å². The smallest absolute Gasteiger partial charge is 0.163 e. The highest BCUT2D eigenvalue weighted by Gasteiger charge is 2.08. The van der Waals surface area contributed by atoms with Crippen LogP contribution >= 0.6 is 0 Å². The molecule has 0 aliphatic carbocycles. The van der Waals surface area contributed by atoms with Gasteiger partial charge < -0.3 is 16.2 Å². The molecule has 0 atom stereocenters. The zero-order valence-electron chi connectivity index (χ0n) is 10.9. The van der Waals surface area contributed by atoms with E-state index in [1.54, 1.807) is 29.1 Å². The molecule has 20 heavy (non-hydrogen) atoms. The number of nitrogens with one attached hydrogen (secondary N) is 1. The summed E-state index contributed by atoms with van der Waals surface area (Å²) in [5.41, 5.74) is 7.78. The molecule has 0 saturated carbocycles. The first-order valence-electron chi connectivity index (χ1n) is 6.09. The van der Waals surface area contributed by atoms with E-state index in [0.717, 1.165) is 11.0 Å². The van der Waals surface area contributed by atoms with Gasteiger partial charge in [-0.2, -0.15) is 5.10 Å². The van der Waals surface area contributed by atoms with Gasteiger partial charge in [-0.05, 0) is 18.2 Å². The molecule has 0 saturated heterocycles. The van der Waals surface area contributed by atoms with E-state index in [1.807, 2.05) is 7.05 Å². The van der Waals surface area contributed by atoms with Crippen LogP contribution in [0.1, 0.15) is 5.56 Å². The lowest BCUT2D eigenvalue weighted by Gasteiger charge is -2.08. The van der Waals surface area contributed by atoms with Gasteiger partial charge in [-0.3, -0.25) is 4.68 Å². The van der Waals surface area contributed by atoms with E-state index in [1.165, 1.54) is 6.33 Å². The number of rotatable bonds is 3. The van der Waals surface area contributed by atoms with Gasteiger partial charge in [0.25, 0.3) is 0 Å². The average Bonchev–Trinajstić information content (AvgIpc) is 2.82. The van der Waals surface area contributed by atoms with E-state index in [-0.39, 0.29) is 5.75 Å². The topological polar surface area (TPSA) is 102 Å². The normalized spacial score (nSPS) is 10.8. The van der Waals surface area contributed by atoms with Crippen molar-refractivity contribution in [3.8, 4) is 5.75 Å². The Labute approximate surface area is 115 Å². The molecule has 102 valence electrons. The Bertz CT molecular complexity index is 767. The maximum absolute atomic E-state index is 9.79. The standard InChI is InChI=1S/C13H14N6O/c1-19-13-10(6-18-19)12(16-7-17-13)15-5-8-4-9(14)2-3-11(8)20/h2-4,6-7,20H,5,14H2,1H3,(H,15,16,17). The van der Waals surface area contributed by atoms with E-state index in [0.29, 0.717) is 23.6 Å². The molecule has 0 bridgehead atoms. The van der Waals surface area contributed by atoms with Gasteiger partial charge in [-0.25, -0.2) is 9.97 Å². The Morgan fingerprint density at radius 2 is 2.20 bits per heavy atom. The third-order valence-electron chi connectivity index (χ3n) is 3.08. The van der Waals surface area contributed by atoms with Gasteiger partial charge in [0.1, 0.15) is 17.9 Å². The fourth-order valence-electron chi connectivity index (χ4n) is 2.03. The molecule has 2 heterocycles. The van der Waals surface area contributed by atoms with Crippen LogP contribution in [0.3, 0.4) is 0 Å². The lowest BCUT2D eigenvalue weighted by molar-refractivity contribution is 0.469. The van der Waals surface area contributed by atoms with Gasteiger partial charge in [0, 0.05) is 24.8 Å². The van der Waals surface area contributed by atoms with Crippen LogP contribution in [0, 0.1) is 0 Å². The number of fused-ring (bicyclic) bond motifs is 1. The molecule has 0 spiro atoms. The highest BCUT2D eigenvalue weighted by molar-refractivity contribution is 5.85. The second-order valence-electron chi connectivity index (χ2n) is 4.47. The van der Waals surface area contributed by atoms with E-state index < -0.39 is 0 Å². The number of nitrogens with zero attached hydrogens (tertiary/aromatic N) is 4. The third kappa shape index (κ3) is 2.09. The summed E-state index contributed by atoms with van der Waals surface area (Å²) < 4.78 is 1.68. The molecule has 0 aliphatic rings. The molecule has 2 aromatic heterocycles. The molecule has 0 amide bonds. The quantitative estimate of drug-likeness (QED) is 0.489. The minimum atomic E-state index is 0.197. The molecular weight excluding hydrogens is 256 g/mol. The Kier molecular flexibility index (Phi) is 2.86. The maximum atomic E-state index is 9.79. The first-order valence-corrected chi connectivity index (χ1v) is 6.09. The van der Waals surface area contributed by atoms with Crippen molar-refractivity contribution in [3.63, 3.8) is 0 Å². The third-order valence-corrected chi connectivity index (χ3v) is 3.08. The first kappa shape index (κ1) is 12.2. The highest BCUT2D eigenvalue weighted by Crippen LogP contribution is 2.23. The van der Waals surface area contributed by atoms with Gasteiger partial charge in [-0.15, -0.1) is 0 Å². The van der Waals surface area contributed by atoms with E-state index in [9.17, 15) is 5.11 Å². The molecule has 1 aromatic carbocycles. The summed E-state index contributed by atoms with van der Waals surface area (Å²) in [5.74, 6) is 0.869. The second-order valence-corrected chi connectivity index (χ2v) is 4.47. The van der Waals surface area contributed by atoms with E-state index in [4.69, 9.17) is 5.73 Å². The van der Waals surface area contributed by atoms with Crippen LogP contribution in [-0.2, 0) is 13.6 Å². The highest BCUT2D eigenvalue weighted by atomic mass is 16.3. The number of aryl methyl sites for hydroxylation is 1. The number of phenols is 1. The van der Waals surface area contributed by atoms with E-state index >= 15 is 0 Å². The predicted octanol–water partition coefficient (Wildman–Crippen LogP) is 1.26. The van der Waals surface area contributed by atoms with Gasteiger partial charge in [0.15, 0.2) is 5.65 Å². The van der Waals surface area contributed by atoms with Crippen LogP contribution in [-0.4, -0.2) is 24.9 Å². The number of aromatic hydroxyl groups is 1. The summed E-state index contributed by atoms with van der Waals surface area (Å²) in [4.78, 5) is 8.37. The van der Waals surface area contributed by atoms with Crippen molar-refractivity contribution < 1.29 is 5.11 Å². The van der Waals surface area contributed by atoms with Crippen molar-refractivity contribution in [3.05, 3.63) is 36.3 Å². The lowest BCUT2D eigenvalue weighted by Crippen LogP contribution is -2.03. The van der Waals surface area contributed by atoms with Crippen molar-refractivity contribution in [1.82, 2.24) is 19.7 Å². The number of hydrogen-bond acceptors (Lipinski definition) is 6. The molecule has 4 N–H and O–H groups in total. The van der Waals surface area contributed by atoms with Crippen molar-refractivity contribution >= 4 is 22.5 Å². The SMILES string of the molecule is Cn1ncc2c(NCc3cc(N)ccc3O)ncnc21. The number of nitrogen functional groups attached to an aromatic ring is 1. The molecule has 0 radical (unpaired) electrons. The minimum absolute atomic E-state index is 0.197. The summed E-state index contributed by atoms with van der Waals surface area (Å²) in [5, 5.41) is 17.9. The summed E-state index contributed by atoms with van der Waals surface area (Å²) in [7, 11) is 1.82. The fourth-order valence-corrected chi connectivity index (χ4v) is 2.03. The average molecular weight is 270 g/mol. The second kappa shape index (κ2) is 4.69. The number of benzene rings is 1. The Balaban J connectivity index is 1.88. The van der Waals surface area contributed by atoms with Gasteiger partial charge in [0.05, 0.1) is 11.6 Å². The fraction of sp³-hybridized carbons (Fsp3) is 0.154. The van der Waals surface area contributed by atoms with Crippen molar-refractivity contribution in [2.24, 2.45) is 7.05 Å². The van der Waals surface area contributed by atoms with Crippen LogP contribution in [0.2, 0.25) is 0 Å². The summed E-state index contributed by atoms with van der Waals surface area (Å²) in [6, 6.07) is 4.96. The van der Waals surface area contributed by atoms with Crippen LogP contribution in [0.4, 0.5) is 11.5 Å². The van der Waals surface area contributed by atoms with E-state index in [2.05, 4.69) is 20.4 Å². The summed E-state index contributed by atoms with van der Waals surface area (Å²) in [6.07, 6.45) is 3.18. The van der Waals surface area contributed by atoms with Crippen molar-refractivity contribution in [2.75, 3.05) is 11.1 Å². The largest absolute Gasteiger partial charge is 0.508 e. The van der Waals surface area contributed by atoms with Gasteiger partial charge in [-0.1, -0.05) is 0 Å². The maximum Gasteiger partial charge on any atom is 0.163 e. The number of anilines is 2. The molecule has 3 rings (SSSR count). The molecule has 3 aromatic rings. The van der Waals surface area contributed by atoms with Gasteiger partial charge in [0.2, 0.25) is 0 Å². The minimum Gasteiger partial charge on any atom is -0.508 e. The molecule has 7 nitrogen and oxygen atoms in total. The zero-order chi connectivity index (χ0) is 14.1. The van der Waals surface area contributed by atoms with Crippen molar-refractivity contribution in [1.29, 1.82) is 0 Å². The van der Waals surface area contributed by atoms with Crippen molar-refractivity contribution in [2.45, 2.75) is 6.54 Å². The molecule has 0 aliphatic heterocycles. The molecular formula is C13H14N6O. The molecule has 0 fully saturated rings. The number of aromatic nitrogens is 4. The Morgan fingerprint density at radius 1 is 1.35 bits per heavy atom. The van der Waals surface area contributed by atoms with Crippen LogP contribution < -0.4 is 11.1 Å². The number of hydrogen-bond donors (Lipinski definition) is 3. The first-order chi connectivity index (χ1) is 9.65. The molecule has 0 unspecified atom stereocenters. The predicted molar refractivity (Wildman–Crippen MR) is 76.1 cm³/mol. The monoisotopic (exact) mass is 270 g/mol. The van der Waals surface area contributed by atoms with Crippen LogP contribution in [0.5, 0.6) is 5.75 Å². The number of nitrogens with two attached hydrogens (primary N) is 1. The summed E-state index contributed by atoms with van der Waals surface area (Å²) in [6.45, 7) is 0.415. The lowest BCUT2D eigenvalue weighted by atomic mass is 10.2. The zero-order valence-corrected chi connectivity index (χ0v) is 10.9. The Hall–Kier alpha value is -2.83. The Morgan fingerprint density at radius 3 is 3.05 bits per heavy atom. The van der Waals surface area contributed by atoms with Gasteiger partial charge >= 0.3 is 0 Å². The number of phenolic OH excluding ortho intramolecular Hbond substituents is 1. The van der Waals surface area contributed by atoms with Crippen LogP contribution in [0.25, 0.3) is 11.0 Å².